The van der Waals surface area contributed by atoms with E-state index in [0.29, 0.717) is 6.54 Å². The van der Waals surface area contributed by atoms with Crippen LogP contribution in [0.15, 0.2) is 18.2 Å². The molecule has 1 aromatic rings. The molecule has 2 unspecified atom stereocenters. The Labute approximate surface area is 107 Å². The molecule has 0 heterocycles. The zero-order valence-corrected chi connectivity index (χ0v) is 10.7. The molecular formula is C13H20N2O3. The Balaban J connectivity index is 2.58. The lowest BCUT2D eigenvalue weighted by molar-refractivity contribution is 0.0943. The number of nitrogens with one attached hydrogen (secondary N) is 1. The summed E-state index contributed by atoms with van der Waals surface area (Å²) in [4.78, 5) is 11.8. The third kappa shape index (κ3) is 3.92. The van der Waals surface area contributed by atoms with E-state index in [-0.39, 0.29) is 23.3 Å². The molecule has 0 aliphatic heterocycles. The molecular weight excluding hydrogens is 232 g/mol. The molecule has 18 heavy (non-hydrogen) atoms. The average molecular weight is 252 g/mol. The maximum atomic E-state index is 11.8. The molecule has 0 radical (unpaired) electrons. The summed E-state index contributed by atoms with van der Waals surface area (Å²) >= 11 is 0. The number of carbonyl (C=O) groups is 1. The number of hydrogen-bond donors (Lipinski definition) is 4. The van der Waals surface area contributed by atoms with E-state index in [1.165, 1.54) is 18.2 Å². The van der Waals surface area contributed by atoms with E-state index in [1.807, 2.05) is 13.8 Å². The van der Waals surface area contributed by atoms with E-state index >= 15 is 0 Å². The number of rotatable bonds is 5. The number of aromatic hydroxyl groups is 2. The van der Waals surface area contributed by atoms with E-state index in [0.717, 1.165) is 6.42 Å². The quantitative estimate of drug-likeness (QED) is 0.592. The second-order valence-electron chi connectivity index (χ2n) is 4.70. The van der Waals surface area contributed by atoms with E-state index in [4.69, 9.17) is 5.73 Å². The van der Waals surface area contributed by atoms with Crippen LogP contribution in [-0.4, -0.2) is 28.7 Å². The molecule has 5 nitrogen and oxygen atoms in total. The van der Waals surface area contributed by atoms with Gasteiger partial charge in [0.05, 0.1) is 5.56 Å². The van der Waals surface area contributed by atoms with Gasteiger partial charge in [0.15, 0.2) is 11.5 Å². The van der Waals surface area contributed by atoms with Gasteiger partial charge in [-0.25, -0.2) is 0 Å². The van der Waals surface area contributed by atoms with Crippen molar-refractivity contribution in [1.29, 1.82) is 0 Å². The molecule has 1 aromatic carbocycles. The number of para-hydroxylation sites is 1. The Morgan fingerprint density at radius 2 is 2.06 bits per heavy atom. The summed E-state index contributed by atoms with van der Waals surface area (Å²) < 4.78 is 0. The standard InChI is InChI=1S/C13H20N2O3/c1-8(6-9(2)14)7-15-13(18)10-4-3-5-11(16)12(10)17/h3-5,8-9,16-17H,6-7,14H2,1-2H3,(H,15,18). The summed E-state index contributed by atoms with van der Waals surface area (Å²) in [5.74, 6) is -0.838. The highest BCUT2D eigenvalue weighted by molar-refractivity contribution is 5.97. The number of hydrogen-bond acceptors (Lipinski definition) is 4. The third-order valence-electron chi connectivity index (χ3n) is 2.64. The van der Waals surface area contributed by atoms with Crippen LogP contribution in [0.1, 0.15) is 30.6 Å². The molecule has 2 atom stereocenters. The lowest BCUT2D eigenvalue weighted by Gasteiger charge is -2.15. The van der Waals surface area contributed by atoms with Gasteiger partial charge in [-0.2, -0.15) is 0 Å². The van der Waals surface area contributed by atoms with Crippen molar-refractivity contribution in [3.63, 3.8) is 0 Å². The van der Waals surface area contributed by atoms with Crippen LogP contribution in [0, 0.1) is 5.92 Å². The van der Waals surface area contributed by atoms with E-state index < -0.39 is 11.7 Å². The van der Waals surface area contributed by atoms with Gasteiger partial charge >= 0.3 is 0 Å². The second kappa shape index (κ2) is 6.26. The zero-order chi connectivity index (χ0) is 13.7. The molecule has 0 saturated carbocycles. The van der Waals surface area contributed by atoms with Crippen molar-refractivity contribution in [3.8, 4) is 11.5 Å². The molecule has 0 fully saturated rings. The first-order valence-electron chi connectivity index (χ1n) is 5.96. The van der Waals surface area contributed by atoms with Gasteiger partial charge < -0.3 is 21.3 Å². The lowest BCUT2D eigenvalue weighted by Crippen LogP contribution is -2.31. The maximum absolute atomic E-state index is 11.8. The van der Waals surface area contributed by atoms with Crippen LogP contribution >= 0.6 is 0 Å². The highest BCUT2D eigenvalue weighted by Gasteiger charge is 2.14. The third-order valence-corrected chi connectivity index (χ3v) is 2.64. The summed E-state index contributed by atoms with van der Waals surface area (Å²) in [5, 5.41) is 21.6. The van der Waals surface area contributed by atoms with Crippen molar-refractivity contribution in [2.75, 3.05) is 6.54 Å². The highest BCUT2D eigenvalue weighted by Crippen LogP contribution is 2.27. The first-order chi connectivity index (χ1) is 8.41. The number of nitrogens with two attached hydrogens (primary N) is 1. The van der Waals surface area contributed by atoms with Gasteiger partial charge in [0.1, 0.15) is 0 Å². The Morgan fingerprint density at radius 3 is 2.67 bits per heavy atom. The molecule has 5 heteroatoms. The van der Waals surface area contributed by atoms with Gasteiger partial charge in [0.2, 0.25) is 0 Å². The van der Waals surface area contributed by atoms with Crippen molar-refractivity contribution in [1.82, 2.24) is 5.32 Å². The Hall–Kier alpha value is -1.75. The summed E-state index contributed by atoms with van der Waals surface area (Å²) in [7, 11) is 0. The van der Waals surface area contributed by atoms with Crippen molar-refractivity contribution in [3.05, 3.63) is 23.8 Å². The van der Waals surface area contributed by atoms with Gasteiger partial charge in [0.25, 0.3) is 5.91 Å². The zero-order valence-electron chi connectivity index (χ0n) is 10.7. The fraction of sp³-hybridized carbons (Fsp3) is 0.462. The SMILES string of the molecule is CC(N)CC(C)CNC(=O)c1cccc(O)c1O. The number of phenols is 2. The maximum Gasteiger partial charge on any atom is 0.255 e. The monoisotopic (exact) mass is 252 g/mol. The number of benzene rings is 1. The van der Waals surface area contributed by atoms with Crippen LogP contribution < -0.4 is 11.1 Å². The van der Waals surface area contributed by atoms with Crippen LogP contribution in [-0.2, 0) is 0 Å². The van der Waals surface area contributed by atoms with Crippen molar-refractivity contribution >= 4 is 5.91 Å². The van der Waals surface area contributed by atoms with E-state index in [9.17, 15) is 15.0 Å². The molecule has 0 aromatic heterocycles. The fourth-order valence-electron chi connectivity index (χ4n) is 1.79. The molecule has 1 amide bonds. The minimum atomic E-state index is -0.403. The predicted octanol–water partition coefficient (Wildman–Crippen LogP) is 1.20. The molecule has 0 aliphatic rings. The van der Waals surface area contributed by atoms with Gasteiger partial charge in [-0.05, 0) is 31.4 Å². The minimum Gasteiger partial charge on any atom is -0.504 e. The summed E-state index contributed by atoms with van der Waals surface area (Å²) in [6.45, 7) is 4.39. The largest absolute Gasteiger partial charge is 0.504 e. The summed E-state index contributed by atoms with van der Waals surface area (Å²) in [6, 6.07) is 4.38. The van der Waals surface area contributed by atoms with Crippen LogP contribution in [0.4, 0.5) is 0 Å². The Kier molecular flexibility index (Phi) is 4.97. The number of amides is 1. The minimum absolute atomic E-state index is 0.0722. The van der Waals surface area contributed by atoms with Crippen LogP contribution in [0.2, 0.25) is 0 Å². The first kappa shape index (κ1) is 14.3. The molecule has 0 saturated heterocycles. The highest BCUT2D eigenvalue weighted by atomic mass is 16.3. The van der Waals surface area contributed by atoms with Gasteiger partial charge in [-0.1, -0.05) is 13.0 Å². The predicted molar refractivity (Wildman–Crippen MR) is 69.5 cm³/mol. The summed E-state index contributed by atoms with van der Waals surface area (Å²) in [6.07, 6.45) is 0.812. The second-order valence-corrected chi connectivity index (χ2v) is 4.70. The number of phenolic OH excluding ortho intramolecular Hbond substituents is 2. The molecule has 5 N–H and O–H groups in total. The van der Waals surface area contributed by atoms with Crippen LogP contribution in [0.25, 0.3) is 0 Å². The molecule has 100 valence electrons. The Morgan fingerprint density at radius 1 is 1.39 bits per heavy atom. The lowest BCUT2D eigenvalue weighted by atomic mass is 10.0. The summed E-state index contributed by atoms with van der Waals surface area (Å²) in [5.41, 5.74) is 5.74. The van der Waals surface area contributed by atoms with Crippen LogP contribution in [0.3, 0.4) is 0 Å². The Bertz CT molecular complexity index is 419. The average Bonchev–Trinajstić information content (AvgIpc) is 2.29. The van der Waals surface area contributed by atoms with Crippen molar-refractivity contribution in [2.24, 2.45) is 11.7 Å². The van der Waals surface area contributed by atoms with Crippen molar-refractivity contribution in [2.45, 2.75) is 26.3 Å². The van der Waals surface area contributed by atoms with Crippen molar-refractivity contribution < 1.29 is 15.0 Å². The molecule has 0 bridgehead atoms. The normalized spacial score (nSPS) is 13.9. The molecule has 0 aliphatic carbocycles. The topological polar surface area (TPSA) is 95.6 Å². The van der Waals surface area contributed by atoms with E-state index in [2.05, 4.69) is 5.32 Å². The molecule has 1 rings (SSSR count). The fourth-order valence-corrected chi connectivity index (χ4v) is 1.79. The molecule has 0 spiro atoms. The van der Waals surface area contributed by atoms with E-state index in [1.54, 1.807) is 0 Å². The first-order valence-corrected chi connectivity index (χ1v) is 5.96. The number of carbonyl (C=O) groups excluding carboxylic acids is 1. The van der Waals surface area contributed by atoms with Gasteiger partial charge in [-0.3, -0.25) is 4.79 Å². The van der Waals surface area contributed by atoms with Gasteiger partial charge in [0, 0.05) is 12.6 Å². The van der Waals surface area contributed by atoms with Gasteiger partial charge in [-0.15, -0.1) is 0 Å². The smallest absolute Gasteiger partial charge is 0.255 e. The van der Waals surface area contributed by atoms with Crippen LogP contribution in [0.5, 0.6) is 11.5 Å².